The zero-order valence-corrected chi connectivity index (χ0v) is 15.8. The maximum absolute atomic E-state index is 12.5. The number of hydrogen-bond donors (Lipinski definition) is 0. The Labute approximate surface area is 157 Å². The maximum atomic E-state index is 12.5. The predicted octanol–water partition coefficient (Wildman–Crippen LogP) is 1.72. The standard InChI is InChI=1S/C15H13N5O3S3/c21-14-12-5-1-2-6-13(12)26(22,23)20(14)7-9-25-15-16-17-18-19(15)10-11-4-3-8-24-11/h1-6,8H,7,9-10H2. The summed E-state index contributed by atoms with van der Waals surface area (Å²) in [6.07, 6.45) is 0. The van der Waals surface area contributed by atoms with Crippen LogP contribution in [0.5, 0.6) is 0 Å². The number of benzene rings is 1. The van der Waals surface area contributed by atoms with E-state index in [0.717, 1.165) is 9.18 Å². The average Bonchev–Trinajstić information content (AvgIpc) is 3.34. The monoisotopic (exact) mass is 407 g/mol. The van der Waals surface area contributed by atoms with Gasteiger partial charge in [-0.1, -0.05) is 30.0 Å². The molecule has 0 aliphatic carbocycles. The van der Waals surface area contributed by atoms with Crippen LogP contribution in [0, 0.1) is 0 Å². The summed E-state index contributed by atoms with van der Waals surface area (Å²) in [5.74, 6) is -0.122. The van der Waals surface area contributed by atoms with Gasteiger partial charge in [-0.05, 0) is 34.0 Å². The first-order chi connectivity index (χ1) is 12.6. The SMILES string of the molecule is O=C1c2ccccc2S(=O)(=O)N1CCSc1nnnn1Cc1cccs1. The number of tetrazole rings is 1. The van der Waals surface area contributed by atoms with Crippen molar-refractivity contribution in [3.05, 3.63) is 52.2 Å². The molecular weight excluding hydrogens is 394 g/mol. The highest BCUT2D eigenvalue weighted by atomic mass is 32.2. The number of carbonyl (C=O) groups excluding carboxylic acids is 1. The molecule has 0 saturated heterocycles. The van der Waals surface area contributed by atoms with Gasteiger partial charge in [-0.2, -0.15) is 0 Å². The van der Waals surface area contributed by atoms with E-state index in [4.69, 9.17) is 0 Å². The van der Waals surface area contributed by atoms with E-state index >= 15 is 0 Å². The van der Waals surface area contributed by atoms with Crippen LogP contribution < -0.4 is 0 Å². The van der Waals surface area contributed by atoms with Gasteiger partial charge in [0.15, 0.2) is 0 Å². The molecule has 0 spiro atoms. The van der Waals surface area contributed by atoms with Crippen LogP contribution in [0.2, 0.25) is 0 Å². The molecule has 134 valence electrons. The summed E-state index contributed by atoms with van der Waals surface area (Å²) in [7, 11) is -3.77. The lowest BCUT2D eigenvalue weighted by molar-refractivity contribution is 0.0876. The normalized spacial score (nSPS) is 15.4. The van der Waals surface area contributed by atoms with Crippen molar-refractivity contribution in [2.24, 2.45) is 0 Å². The fourth-order valence-electron chi connectivity index (χ4n) is 2.62. The molecule has 8 nitrogen and oxygen atoms in total. The Balaban J connectivity index is 1.43. The van der Waals surface area contributed by atoms with Crippen molar-refractivity contribution in [3.8, 4) is 0 Å². The zero-order chi connectivity index (χ0) is 18.1. The van der Waals surface area contributed by atoms with Crippen LogP contribution in [-0.4, -0.2) is 51.1 Å². The molecule has 1 aliphatic rings. The van der Waals surface area contributed by atoms with Crippen LogP contribution in [0.4, 0.5) is 0 Å². The van der Waals surface area contributed by atoms with Crippen LogP contribution in [0.15, 0.2) is 51.8 Å². The fourth-order valence-corrected chi connectivity index (χ4v) is 5.79. The van der Waals surface area contributed by atoms with Gasteiger partial charge in [-0.15, -0.1) is 16.4 Å². The number of thioether (sulfide) groups is 1. The van der Waals surface area contributed by atoms with Gasteiger partial charge in [0.25, 0.3) is 15.9 Å². The number of rotatable bonds is 6. The first-order valence-corrected chi connectivity index (χ1v) is 11.0. The molecule has 2 aromatic heterocycles. The van der Waals surface area contributed by atoms with Crippen LogP contribution in [0.25, 0.3) is 0 Å². The van der Waals surface area contributed by atoms with E-state index in [1.54, 1.807) is 28.2 Å². The summed E-state index contributed by atoms with van der Waals surface area (Å²) in [4.78, 5) is 13.6. The number of hydrogen-bond acceptors (Lipinski definition) is 8. The minimum absolute atomic E-state index is 0.0619. The number of amides is 1. The summed E-state index contributed by atoms with van der Waals surface area (Å²) in [5, 5.41) is 14.2. The molecule has 0 saturated carbocycles. The van der Waals surface area contributed by atoms with Gasteiger partial charge in [0.1, 0.15) is 4.90 Å². The van der Waals surface area contributed by atoms with E-state index in [1.165, 1.54) is 23.9 Å². The van der Waals surface area contributed by atoms with Gasteiger partial charge < -0.3 is 0 Å². The minimum Gasteiger partial charge on any atom is -0.268 e. The van der Waals surface area contributed by atoms with Crippen molar-refractivity contribution >= 4 is 39.0 Å². The lowest BCUT2D eigenvalue weighted by atomic mass is 10.2. The molecule has 0 N–H and O–H groups in total. The number of aromatic nitrogens is 4. The third-order valence-electron chi connectivity index (χ3n) is 3.82. The molecule has 3 aromatic rings. The maximum Gasteiger partial charge on any atom is 0.269 e. The van der Waals surface area contributed by atoms with E-state index in [9.17, 15) is 13.2 Å². The van der Waals surface area contributed by atoms with Crippen molar-refractivity contribution in [1.29, 1.82) is 0 Å². The Morgan fingerprint density at radius 3 is 2.77 bits per heavy atom. The first kappa shape index (κ1) is 17.2. The summed E-state index contributed by atoms with van der Waals surface area (Å²) in [5.41, 5.74) is 0.222. The molecule has 0 unspecified atom stereocenters. The quantitative estimate of drug-likeness (QED) is 0.574. The number of thiophene rings is 1. The highest BCUT2D eigenvalue weighted by Crippen LogP contribution is 2.30. The number of sulfonamides is 1. The van der Waals surface area contributed by atoms with Crippen molar-refractivity contribution in [1.82, 2.24) is 24.5 Å². The van der Waals surface area contributed by atoms with E-state index in [0.29, 0.717) is 17.5 Å². The van der Waals surface area contributed by atoms with Gasteiger partial charge in [0.05, 0.1) is 12.1 Å². The van der Waals surface area contributed by atoms with Crippen LogP contribution in [0.1, 0.15) is 15.2 Å². The third kappa shape index (κ3) is 3.02. The fraction of sp³-hybridized carbons (Fsp3) is 0.200. The highest BCUT2D eigenvalue weighted by Gasteiger charge is 2.40. The molecular formula is C15H13N5O3S3. The predicted molar refractivity (Wildman–Crippen MR) is 96.6 cm³/mol. The molecule has 1 aliphatic heterocycles. The van der Waals surface area contributed by atoms with Gasteiger partial charge in [-0.25, -0.2) is 17.4 Å². The zero-order valence-electron chi connectivity index (χ0n) is 13.3. The lowest BCUT2D eigenvalue weighted by Crippen LogP contribution is -2.32. The molecule has 0 fully saturated rings. The van der Waals surface area contributed by atoms with Gasteiger partial charge in [0, 0.05) is 17.2 Å². The smallest absolute Gasteiger partial charge is 0.268 e. The van der Waals surface area contributed by atoms with E-state index in [2.05, 4.69) is 15.5 Å². The van der Waals surface area contributed by atoms with E-state index < -0.39 is 15.9 Å². The molecule has 11 heteroatoms. The lowest BCUT2D eigenvalue weighted by Gasteiger charge is -2.14. The Bertz CT molecular complexity index is 1050. The van der Waals surface area contributed by atoms with Crippen molar-refractivity contribution in [2.45, 2.75) is 16.6 Å². The van der Waals surface area contributed by atoms with Crippen molar-refractivity contribution < 1.29 is 13.2 Å². The summed E-state index contributed by atoms with van der Waals surface area (Å²) in [6, 6.07) is 10.2. The second-order valence-corrected chi connectivity index (χ2v) is 9.35. The molecule has 1 aromatic carbocycles. The van der Waals surface area contributed by atoms with Gasteiger partial charge >= 0.3 is 0 Å². The Kier molecular flexibility index (Phi) is 4.51. The highest BCUT2D eigenvalue weighted by molar-refractivity contribution is 7.99. The summed E-state index contributed by atoms with van der Waals surface area (Å²) >= 11 is 2.93. The first-order valence-electron chi connectivity index (χ1n) is 7.65. The van der Waals surface area contributed by atoms with Crippen molar-refractivity contribution in [3.63, 3.8) is 0 Å². The van der Waals surface area contributed by atoms with E-state index in [1.807, 2.05) is 17.5 Å². The molecule has 0 atom stereocenters. The third-order valence-corrected chi connectivity index (χ3v) is 7.46. The largest absolute Gasteiger partial charge is 0.269 e. The number of carbonyl (C=O) groups is 1. The Morgan fingerprint density at radius 2 is 2.00 bits per heavy atom. The molecule has 0 radical (unpaired) electrons. The van der Waals surface area contributed by atoms with Crippen LogP contribution in [-0.2, 0) is 16.6 Å². The summed E-state index contributed by atoms with van der Waals surface area (Å²) in [6.45, 7) is 0.617. The minimum atomic E-state index is -3.77. The molecule has 1 amide bonds. The molecule has 3 heterocycles. The Hall–Kier alpha value is -2.24. The molecule has 4 rings (SSSR count). The van der Waals surface area contributed by atoms with Gasteiger partial charge in [-0.3, -0.25) is 4.79 Å². The van der Waals surface area contributed by atoms with E-state index in [-0.39, 0.29) is 17.0 Å². The van der Waals surface area contributed by atoms with Crippen LogP contribution >= 0.6 is 23.1 Å². The van der Waals surface area contributed by atoms with Crippen molar-refractivity contribution in [2.75, 3.05) is 12.3 Å². The molecule has 0 bridgehead atoms. The van der Waals surface area contributed by atoms with Crippen LogP contribution in [0.3, 0.4) is 0 Å². The number of fused-ring (bicyclic) bond motifs is 1. The number of nitrogens with zero attached hydrogens (tertiary/aromatic N) is 5. The topological polar surface area (TPSA) is 98.1 Å². The second kappa shape index (κ2) is 6.82. The molecule has 26 heavy (non-hydrogen) atoms. The average molecular weight is 408 g/mol. The Morgan fingerprint density at radius 1 is 1.15 bits per heavy atom. The summed E-state index contributed by atoms with van der Waals surface area (Å²) < 4.78 is 27.6. The van der Waals surface area contributed by atoms with Gasteiger partial charge in [0.2, 0.25) is 5.16 Å². The second-order valence-electron chi connectivity index (χ2n) is 5.43.